The van der Waals surface area contributed by atoms with Gasteiger partial charge in [-0.2, -0.15) is 0 Å². The number of H-pyrrole nitrogens is 1. The number of aromatic amines is 1. The zero-order valence-electron chi connectivity index (χ0n) is 19.2. The van der Waals surface area contributed by atoms with Crippen molar-refractivity contribution in [3.63, 3.8) is 0 Å². The summed E-state index contributed by atoms with van der Waals surface area (Å²) in [6.07, 6.45) is 1.76. The molecule has 8 nitrogen and oxygen atoms in total. The highest BCUT2D eigenvalue weighted by atomic mass is 16.5. The zero-order valence-corrected chi connectivity index (χ0v) is 19.2. The molecule has 8 heteroatoms. The number of aromatic nitrogens is 1. The fourth-order valence-electron chi connectivity index (χ4n) is 3.30. The molecule has 0 bridgehead atoms. The van der Waals surface area contributed by atoms with Gasteiger partial charge in [-0.25, -0.2) is 0 Å². The number of hydrogen-bond donors (Lipinski definition) is 2. The van der Waals surface area contributed by atoms with E-state index in [9.17, 15) is 4.79 Å². The molecule has 1 amide bonds. The maximum atomic E-state index is 13.0. The normalized spacial score (nSPS) is 10.7. The molecule has 0 aliphatic heterocycles. The van der Waals surface area contributed by atoms with Gasteiger partial charge in [-0.15, -0.1) is 0 Å². The molecular weight excluding hydrogens is 412 g/mol. The maximum Gasteiger partial charge on any atom is 0.272 e. The molecule has 0 unspecified atom stereocenters. The molecule has 0 saturated carbocycles. The molecule has 0 radical (unpaired) electrons. The van der Waals surface area contributed by atoms with E-state index >= 15 is 0 Å². The molecule has 0 atom stereocenters. The van der Waals surface area contributed by atoms with E-state index in [0.29, 0.717) is 64.2 Å². The first-order valence-corrected chi connectivity index (χ1v) is 10.6. The Kier molecular flexibility index (Phi) is 7.70. The topological polar surface area (TPSA) is 91.0 Å². The van der Waals surface area contributed by atoms with Crippen LogP contribution < -0.4 is 29.0 Å². The fraction of sp³-hybridized carbons (Fsp3) is 0.375. The molecule has 0 spiro atoms. The molecule has 32 heavy (non-hydrogen) atoms. The summed E-state index contributed by atoms with van der Waals surface area (Å²) in [5.41, 5.74) is 1.57. The van der Waals surface area contributed by atoms with Gasteiger partial charge in [0.1, 0.15) is 11.4 Å². The van der Waals surface area contributed by atoms with E-state index in [-0.39, 0.29) is 5.91 Å². The number of amides is 1. The smallest absolute Gasteiger partial charge is 0.272 e. The number of fused-ring (bicyclic) bond motifs is 1. The lowest BCUT2D eigenvalue weighted by Gasteiger charge is -2.14. The van der Waals surface area contributed by atoms with Crippen LogP contribution in [0.5, 0.6) is 28.7 Å². The van der Waals surface area contributed by atoms with Crippen LogP contribution in [0.3, 0.4) is 0 Å². The average molecular weight is 443 g/mol. The minimum absolute atomic E-state index is 0.312. The molecule has 1 aromatic heterocycles. The molecule has 0 aliphatic carbocycles. The number of benzene rings is 2. The molecular formula is C24H30N2O6. The predicted molar refractivity (Wildman–Crippen MR) is 124 cm³/mol. The van der Waals surface area contributed by atoms with Crippen molar-refractivity contribution in [2.45, 2.75) is 26.7 Å². The van der Waals surface area contributed by atoms with Crippen molar-refractivity contribution < 1.29 is 28.5 Å². The van der Waals surface area contributed by atoms with Gasteiger partial charge in [-0.1, -0.05) is 13.8 Å². The van der Waals surface area contributed by atoms with Gasteiger partial charge >= 0.3 is 0 Å². The van der Waals surface area contributed by atoms with Gasteiger partial charge in [-0.3, -0.25) is 4.79 Å². The summed E-state index contributed by atoms with van der Waals surface area (Å²) in [6, 6.07) is 8.81. The number of carbonyl (C=O) groups is 1. The zero-order chi connectivity index (χ0) is 23.1. The molecule has 2 aromatic carbocycles. The van der Waals surface area contributed by atoms with Gasteiger partial charge in [0.15, 0.2) is 23.0 Å². The van der Waals surface area contributed by atoms with Crippen LogP contribution in [0.1, 0.15) is 37.2 Å². The first-order valence-electron chi connectivity index (χ1n) is 10.6. The highest BCUT2D eigenvalue weighted by molar-refractivity contribution is 6.08. The van der Waals surface area contributed by atoms with E-state index in [1.807, 2.05) is 13.8 Å². The van der Waals surface area contributed by atoms with Gasteiger partial charge in [-0.05, 0) is 31.0 Å². The van der Waals surface area contributed by atoms with Gasteiger partial charge in [0.05, 0.1) is 40.1 Å². The van der Waals surface area contributed by atoms with Crippen LogP contribution in [0.4, 0.5) is 5.69 Å². The first-order chi connectivity index (χ1) is 15.6. The average Bonchev–Trinajstić information content (AvgIpc) is 3.26. The number of methoxy groups -OCH3 is 3. The Balaban J connectivity index is 1.91. The lowest BCUT2D eigenvalue weighted by atomic mass is 10.2. The number of nitrogens with one attached hydrogen (secondary N) is 2. The summed E-state index contributed by atoms with van der Waals surface area (Å²) < 4.78 is 27.9. The molecule has 0 saturated heterocycles. The van der Waals surface area contributed by atoms with Crippen molar-refractivity contribution in [3.05, 3.63) is 36.0 Å². The second-order valence-corrected chi connectivity index (χ2v) is 7.10. The Morgan fingerprint density at radius 1 is 0.844 bits per heavy atom. The third-order valence-corrected chi connectivity index (χ3v) is 4.81. The number of anilines is 1. The lowest BCUT2D eigenvalue weighted by Crippen LogP contribution is -2.12. The summed E-state index contributed by atoms with van der Waals surface area (Å²) in [5, 5.41) is 3.62. The van der Waals surface area contributed by atoms with Crippen molar-refractivity contribution in [2.24, 2.45) is 0 Å². The monoisotopic (exact) mass is 442 g/mol. The third kappa shape index (κ3) is 4.85. The van der Waals surface area contributed by atoms with Crippen molar-refractivity contribution in [2.75, 3.05) is 39.9 Å². The SMILES string of the molecule is CCCOc1ccc(NC(=O)c2cc3c(OC)cc(OC)c(OC)c3[nH]2)cc1OCCC. The molecule has 1 heterocycles. The Bertz CT molecular complexity index is 1080. The van der Waals surface area contributed by atoms with E-state index < -0.39 is 0 Å². The van der Waals surface area contributed by atoms with Crippen molar-refractivity contribution in [1.82, 2.24) is 4.98 Å². The lowest BCUT2D eigenvalue weighted by molar-refractivity contribution is 0.102. The Hall–Kier alpha value is -3.55. The minimum atomic E-state index is -0.312. The maximum absolute atomic E-state index is 13.0. The van der Waals surface area contributed by atoms with Crippen LogP contribution in [0, 0.1) is 0 Å². The van der Waals surface area contributed by atoms with Crippen LogP contribution in [-0.2, 0) is 0 Å². The Morgan fingerprint density at radius 2 is 1.53 bits per heavy atom. The summed E-state index contributed by atoms with van der Waals surface area (Å²) in [4.78, 5) is 16.1. The molecule has 0 aliphatic rings. The Morgan fingerprint density at radius 3 is 2.16 bits per heavy atom. The summed E-state index contributed by atoms with van der Waals surface area (Å²) >= 11 is 0. The predicted octanol–water partition coefficient (Wildman–Crippen LogP) is 5.02. The van der Waals surface area contributed by atoms with Crippen LogP contribution in [-0.4, -0.2) is 45.4 Å². The van der Waals surface area contributed by atoms with Crippen LogP contribution in [0.25, 0.3) is 10.9 Å². The number of rotatable bonds is 11. The fourth-order valence-corrected chi connectivity index (χ4v) is 3.30. The largest absolute Gasteiger partial charge is 0.496 e. The van der Waals surface area contributed by atoms with Gasteiger partial charge < -0.3 is 34.0 Å². The van der Waals surface area contributed by atoms with E-state index in [0.717, 1.165) is 12.8 Å². The van der Waals surface area contributed by atoms with Crippen LogP contribution >= 0.6 is 0 Å². The Labute approximate surface area is 187 Å². The number of hydrogen-bond acceptors (Lipinski definition) is 6. The van der Waals surface area contributed by atoms with Gasteiger partial charge in [0, 0.05) is 23.2 Å². The van der Waals surface area contributed by atoms with Crippen molar-refractivity contribution in [1.29, 1.82) is 0 Å². The van der Waals surface area contributed by atoms with Crippen molar-refractivity contribution >= 4 is 22.5 Å². The highest BCUT2D eigenvalue weighted by Gasteiger charge is 2.20. The summed E-state index contributed by atoms with van der Waals surface area (Å²) in [7, 11) is 4.66. The van der Waals surface area contributed by atoms with E-state index in [1.54, 1.807) is 51.7 Å². The van der Waals surface area contributed by atoms with Crippen molar-refractivity contribution in [3.8, 4) is 28.7 Å². The molecule has 3 rings (SSSR count). The first kappa shape index (κ1) is 23.1. The third-order valence-electron chi connectivity index (χ3n) is 4.81. The second-order valence-electron chi connectivity index (χ2n) is 7.10. The quantitative estimate of drug-likeness (QED) is 0.433. The van der Waals surface area contributed by atoms with E-state index in [2.05, 4.69) is 10.3 Å². The van der Waals surface area contributed by atoms with E-state index in [1.165, 1.54) is 0 Å². The second kappa shape index (κ2) is 10.7. The molecule has 172 valence electrons. The number of carbonyl (C=O) groups excluding carboxylic acids is 1. The standard InChI is InChI=1S/C24H30N2O6/c1-6-10-31-18-9-8-15(12-20(18)32-11-7-2)25-24(27)17-13-16-19(28-3)14-21(29-4)23(30-5)22(16)26-17/h8-9,12-14,26H,6-7,10-11H2,1-5H3,(H,25,27). The summed E-state index contributed by atoms with van der Waals surface area (Å²) in [5.74, 6) is 2.52. The minimum Gasteiger partial charge on any atom is -0.496 e. The molecule has 0 fully saturated rings. The highest BCUT2D eigenvalue weighted by Crippen LogP contribution is 2.41. The van der Waals surface area contributed by atoms with Gasteiger partial charge in [0.25, 0.3) is 5.91 Å². The molecule has 2 N–H and O–H groups in total. The van der Waals surface area contributed by atoms with E-state index in [4.69, 9.17) is 23.7 Å². The van der Waals surface area contributed by atoms with Gasteiger partial charge in [0.2, 0.25) is 0 Å². The summed E-state index contributed by atoms with van der Waals surface area (Å²) in [6.45, 7) is 5.23. The van der Waals surface area contributed by atoms with Crippen LogP contribution in [0.15, 0.2) is 30.3 Å². The number of ether oxygens (including phenoxy) is 5. The van der Waals surface area contributed by atoms with Crippen LogP contribution in [0.2, 0.25) is 0 Å². The molecule has 3 aromatic rings.